The summed E-state index contributed by atoms with van der Waals surface area (Å²) in [5, 5.41) is 11.4. The Morgan fingerprint density at radius 1 is 1.07 bits per heavy atom. The molecule has 12 heteroatoms. The molecule has 0 saturated carbocycles. The number of fused-ring (bicyclic) bond motifs is 2. The number of benzene rings is 3. The van der Waals surface area contributed by atoms with Gasteiger partial charge in [0.25, 0.3) is 0 Å². The van der Waals surface area contributed by atoms with Crippen molar-refractivity contribution in [2.75, 3.05) is 34.2 Å². The fraction of sp³-hybridized carbons (Fsp3) is 0.355. The standard InChI is InChI=1S/C31H33N5O7/c1-39-26-11-5-8-22(30(26)40-2)29(31(38)32-16-21-7-6-14-41-21)35(17-20-12-13-25-27(15-20)43-19-42-25)28(37)18-36-24-10-4-3-9-23(24)33-34-36/h3-5,8-13,15,21,29H,6-7,14,16-19H2,1-2H3,(H,32,38). The van der Waals surface area contributed by atoms with Gasteiger partial charge in [-0.3, -0.25) is 9.59 Å². The molecule has 4 aromatic rings. The van der Waals surface area contributed by atoms with Crippen LogP contribution in [0.2, 0.25) is 0 Å². The Bertz CT molecular complexity index is 1620. The lowest BCUT2D eigenvalue weighted by atomic mass is 10.0. The van der Waals surface area contributed by atoms with Crippen LogP contribution in [0.4, 0.5) is 0 Å². The predicted molar refractivity (Wildman–Crippen MR) is 155 cm³/mol. The normalized spacial score (nSPS) is 16.2. The number of hydrogen-bond acceptors (Lipinski definition) is 9. The number of ether oxygens (including phenoxy) is 5. The number of rotatable bonds is 11. The first-order valence-electron chi connectivity index (χ1n) is 14.1. The lowest BCUT2D eigenvalue weighted by molar-refractivity contribution is -0.142. The average molecular weight is 588 g/mol. The van der Waals surface area contributed by atoms with Crippen molar-refractivity contribution < 1.29 is 33.3 Å². The molecule has 1 fully saturated rings. The predicted octanol–water partition coefficient (Wildman–Crippen LogP) is 3.24. The Morgan fingerprint density at radius 2 is 1.93 bits per heavy atom. The van der Waals surface area contributed by atoms with Gasteiger partial charge in [0.2, 0.25) is 18.6 Å². The van der Waals surface area contributed by atoms with E-state index in [1.807, 2.05) is 36.4 Å². The number of amides is 2. The molecule has 6 rings (SSSR count). The molecule has 2 aliphatic rings. The second-order valence-corrected chi connectivity index (χ2v) is 10.3. The van der Waals surface area contributed by atoms with Crippen molar-refractivity contribution in [3.8, 4) is 23.0 Å². The number of carbonyl (C=O) groups is 2. The van der Waals surface area contributed by atoms with E-state index in [2.05, 4.69) is 15.6 Å². The number of nitrogens with one attached hydrogen (secondary N) is 1. The molecule has 12 nitrogen and oxygen atoms in total. The first-order valence-corrected chi connectivity index (χ1v) is 14.1. The zero-order chi connectivity index (χ0) is 29.8. The van der Waals surface area contributed by atoms with Crippen molar-refractivity contribution in [2.45, 2.75) is 38.1 Å². The summed E-state index contributed by atoms with van der Waals surface area (Å²) in [6.07, 6.45) is 1.71. The van der Waals surface area contributed by atoms with Gasteiger partial charge in [-0.05, 0) is 48.7 Å². The molecule has 2 aliphatic heterocycles. The Hall–Kier alpha value is -4.84. The number of aromatic nitrogens is 3. The van der Waals surface area contributed by atoms with Gasteiger partial charge in [0.1, 0.15) is 18.1 Å². The molecular weight excluding hydrogens is 554 g/mol. The topological polar surface area (TPSA) is 126 Å². The van der Waals surface area contributed by atoms with E-state index >= 15 is 0 Å². The summed E-state index contributed by atoms with van der Waals surface area (Å²) in [6.45, 7) is 1.04. The van der Waals surface area contributed by atoms with Gasteiger partial charge in [0.05, 0.1) is 25.8 Å². The molecular formula is C31H33N5O7. The first-order chi connectivity index (χ1) is 21.1. The minimum atomic E-state index is -1.08. The molecule has 2 amide bonds. The first kappa shape index (κ1) is 28.3. The maximum absolute atomic E-state index is 14.3. The van der Waals surface area contributed by atoms with Crippen molar-refractivity contribution in [1.82, 2.24) is 25.2 Å². The van der Waals surface area contributed by atoms with Crippen molar-refractivity contribution >= 4 is 22.8 Å². The highest BCUT2D eigenvalue weighted by Gasteiger charge is 2.36. The Balaban J connectivity index is 1.41. The van der Waals surface area contributed by atoms with Gasteiger partial charge in [-0.1, -0.05) is 35.5 Å². The molecule has 1 N–H and O–H groups in total. The number of hydrogen-bond donors (Lipinski definition) is 1. The third-order valence-electron chi connectivity index (χ3n) is 7.63. The lowest BCUT2D eigenvalue weighted by Crippen LogP contribution is -2.46. The van der Waals surface area contributed by atoms with Crippen LogP contribution < -0.4 is 24.3 Å². The van der Waals surface area contributed by atoms with Gasteiger partial charge in [-0.2, -0.15) is 0 Å². The number of methoxy groups -OCH3 is 2. The lowest BCUT2D eigenvalue weighted by Gasteiger charge is -2.33. The van der Waals surface area contributed by atoms with Crippen molar-refractivity contribution in [1.29, 1.82) is 0 Å². The minimum absolute atomic E-state index is 0.0838. The van der Waals surface area contributed by atoms with Gasteiger partial charge in [-0.25, -0.2) is 4.68 Å². The quantitative estimate of drug-likeness (QED) is 0.281. The Morgan fingerprint density at radius 3 is 2.74 bits per heavy atom. The van der Waals surface area contributed by atoms with Crippen LogP contribution in [0.1, 0.15) is 30.0 Å². The van der Waals surface area contributed by atoms with Gasteiger partial charge in [-0.15, -0.1) is 5.10 Å². The summed E-state index contributed by atoms with van der Waals surface area (Å²) in [4.78, 5) is 30.0. The summed E-state index contributed by atoms with van der Waals surface area (Å²) in [5.41, 5.74) is 2.60. The van der Waals surface area contributed by atoms with E-state index in [-0.39, 0.29) is 37.8 Å². The average Bonchev–Trinajstić information content (AvgIpc) is 3.81. The van der Waals surface area contributed by atoms with Crippen LogP contribution in [-0.4, -0.2) is 72.0 Å². The Labute approximate surface area is 248 Å². The zero-order valence-electron chi connectivity index (χ0n) is 24.0. The molecule has 0 aliphatic carbocycles. The maximum Gasteiger partial charge on any atom is 0.247 e. The van der Waals surface area contributed by atoms with Crippen molar-refractivity contribution in [3.63, 3.8) is 0 Å². The largest absolute Gasteiger partial charge is 0.493 e. The molecule has 0 radical (unpaired) electrons. The van der Waals surface area contributed by atoms with Crippen LogP contribution in [-0.2, 0) is 27.4 Å². The van der Waals surface area contributed by atoms with E-state index in [1.165, 1.54) is 23.8 Å². The van der Waals surface area contributed by atoms with E-state index in [9.17, 15) is 9.59 Å². The Kier molecular flexibility index (Phi) is 8.27. The molecule has 0 bridgehead atoms. The second-order valence-electron chi connectivity index (χ2n) is 10.3. The van der Waals surface area contributed by atoms with E-state index in [0.29, 0.717) is 52.7 Å². The summed E-state index contributed by atoms with van der Waals surface area (Å²) in [6, 6.07) is 17.1. The third-order valence-corrected chi connectivity index (χ3v) is 7.63. The highest BCUT2D eigenvalue weighted by Crippen LogP contribution is 2.39. The van der Waals surface area contributed by atoms with Crippen LogP contribution in [0.5, 0.6) is 23.0 Å². The number of para-hydroxylation sites is 2. The smallest absolute Gasteiger partial charge is 0.247 e. The fourth-order valence-electron chi connectivity index (χ4n) is 5.51. The summed E-state index contributed by atoms with van der Waals surface area (Å²) >= 11 is 0. The number of carbonyl (C=O) groups excluding carboxylic acids is 2. The van der Waals surface area contributed by atoms with E-state index < -0.39 is 6.04 Å². The minimum Gasteiger partial charge on any atom is -0.493 e. The summed E-state index contributed by atoms with van der Waals surface area (Å²) in [5.74, 6) is 1.27. The highest BCUT2D eigenvalue weighted by atomic mass is 16.7. The van der Waals surface area contributed by atoms with Crippen LogP contribution in [0, 0.1) is 0 Å². The van der Waals surface area contributed by atoms with Gasteiger partial charge < -0.3 is 33.9 Å². The van der Waals surface area contributed by atoms with Crippen molar-refractivity contribution in [3.05, 3.63) is 71.8 Å². The second kappa shape index (κ2) is 12.6. The SMILES string of the molecule is COc1cccc(C(C(=O)NCC2CCCO2)N(Cc2ccc3c(c2)OCO3)C(=O)Cn2nnc3ccccc32)c1OC. The molecule has 2 unspecified atom stereocenters. The molecule has 0 spiro atoms. The molecule has 224 valence electrons. The van der Waals surface area contributed by atoms with Crippen LogP contribution in [0.15, 0.2) is 60.7 Å². The van der Waals surface area contributed by atoms with E-state index in [0.717, 1.165) is 18.4 Å². The van der Waals surface area contributed by atoms with E-state index in [4.69, 9.17) is 23.7 Å². The van der Waals surface area contributed by atoms with Crippen molar-refractivity contribution in [2.24, 2.45) is 0 Å². The third kappa shape index (κ3) is 5.91. The molecule has 1 aromatic heterocycles. The van der Waals surface area contributed by atoms with Crippen LogP contribution in [0.3, 0.4) is 0 Å². The van der Waals surface area contributed by atoms with Gasteiger partial charge >= 0.3 is 0 Å². The molecule has 43 heavy (non-hydrogen) atoms. The monoisotopic (exact) mass is 587 g/mol. The number of nitrogens with zero attached hydrogens (tertiary/aromatic N) is 4. The summed E-state index contributed by atoms with van der Waals surface area (Å²) in [7, 11) is 3.04. The summed E-state index contributed by atoms with van der Waals surface area (Å²) < 4.78 is 29.7. The fourth-order valence-corrected chi connectivity index (χ4v) is 5.51. The molecule has 2 atom stereocenters. The highest BCUT2D eigenvalue weighted by molar-refractivity contribution is 5.90. The van der Waals surface area contributed by atoms with Crippen LogP contribution >= 0.6 is 0 Å². The molecule has 3 heterocycles. The molecule has 1 saturated heterocycles. The van der Waals surface area contributed by atoms with Gasteiger partial charge in [0.15, 0.2) is 23.0 Å². The molecule has 3 aromatic carbocycles. The van der Waals surface area contributed by atoms with Crippen LogP contribution in [0.25, 0.3) is 11.0 Å². The maximum atomic E-state index is 14.3. The van der Waals surface area contributed by atoms with E-state index in [1.54, 1.807) is 24.3 Å². The van der Waals surface area contributed by atoms with Gasteiger partial charge in [0, 0.05) is 25.3 Å². The zero-order valence-corrected chi connectivity index (χ0v) is 24.0.